The van der Waals surface area contributed by atoms with Crippen LogP contribution in [0.2, 0.25) is 0 Å². The van der Waals surface area contributed by atoms with Gasteiger partial charge in [0, 0.05) is 30.3 Å². The summed E-state index contributed by atoms with van der Waals surface area (Å²) in [5.74, 6) is -0.715. The Hall–Kier alpha value is -2.47. The normalized spacial score (nSPS) is 12.1. The molecule has 1 atom stereocenters. The average Bonchev–Trinajstić information content (AvgIpc) is 2.61. The predicted octanol–water partition coefficient (Wildman–Crippen LogP) is 3.11. The van der Waals surface area contributed by atoms with Crippen molar-refractivity contribution in [3.63, 3.8) is 0 Å². The lowest BCUT2D eigenvalue weighted by Gasteiger charge is -2.24. The molecule has 0 aliphatic carbocycles. The summed E-state index contributed by atoms with van der Waals surface area (Å²) >= 11 is 0. The van der Waals surface area contributed by atoms with Gasteiger partial charge in [0.25, 0.3) is 0 Å². The third kappa shape index (κ3) is 5.00. The first-order chi connectivity index (χ1) is 11.9. The van der Waals surface area contributed by atoms with E-state index in [2.05, 4.69) is 5.32 Å². The highest BCUT2D eigenvalue weighted by Crippen LogP contribution is 2.17. The largest absolute Gasteiger partial charge is 0.496 e. The van der Waals surface area contributed by atoms with Gasteiger partial charge in [-0.2, -0.15) is 0 Å². The summed E-state index contributed by atoms with van der Waals surface area (Å²) in [6, 6.07) is 10.4. The van der Waals surface area contributed by atoms with Crippen LogP contribution in [0.15, 0.2) is 42.5 Å². The summed E-state index contributed by atoms with van der Waals surface area (Å²) in [4.78, 5) is 14.0. The van der Waals surface area contributed by atoms with Crippen LogP contribution in [-0.4, -0.2) is 31.0 Å². The minimum absolute atomic E-state index is 0.184. The third-order valence-corrected chi connectivity index (χ3v) is 4.12. The predicted molar refractivity (Wildman–Crippen MR) is 92.1 cm³/mol. The van der Waals surface area contributed by atoms with Crippen molar-refractivity contribution in [1.29, 1.82) is 0 Å². The Kier molecular flexibility index (Phi) is 6.47. The number of ether oxygens (including phenoxy) is 1. The highest BCUT2D eigenvalue weighted by atomic mass is 19.1. The molecule has 2 rings (SSSR count). The van der Waals surface area contributed by atoms with Crippen molar-refractivity contribution in [3.8, 4) is 5.75 Å². The molecule has 2 aromatic carbocycles. The summed E-state index contributed by atoms with van der Waals surface area (Å²) in [5.41, 5.74) is 1.21. The summed E-state index contributed by atoms with van der Waals surface area (Å²) in [6.45, 7) is 2.28. The molecular weight excluding hydrogens is 326 g/mol. The van der Waals surface area contributed by atoms with E-state index in [0.29, 0.717) is 17.9 Å². The Morgan fingerprint density at radius 1 is 1.20 bits per heavy atom. The standard InChI is InChI=1S/C19H22F2N2O2/c1-13(23(2)12-15-8-9-16(20)10-17(15)21)19(24)22-11-14-6-4-5-7-18(14)25-3/h4-10,13H,11-12H2,1-3H3,(H,22,24). The number of carbonyl (C=O) groups is 1. The van der Waals surface area contributed by atoms with Crippen LogP contribution in [0.1, 0.15) is 18.1 Å². The van der Waals surface area contributed by atoms with Crippen molar-refractivity contribution in [2.45, 2.75) is 26.1 Å². The molecule has 1 amide bonds. The molecule has 0 heterocycles. The van der Waals surface area contributed by atoms with Gasteiger partial charge < -0.3 is 10.1 Å². The maximum atomic E-state index is 13.7. The Labute approximate surface area is 146 Å². The molecule has 0 aromatic heterocycles. The SMILES string of the molecule is COc1ccccc1CNC(=O)C(C)N(C)Cc1ccc(F)cc1F. The second-order valence-electron chi connectivity index (χ2n) is 5.86. The smallest absolute Gasteiger partial charge is 0.237 e. The van der Waals surface area contributed by atoms with Crippen LogP contribution >= 0.6 is 0 Å². The number of hydrogen-bond acceptors (Lipinski definition) is 3. The molecule has 1 unspecified atom stereocenters. The van der Waals surface area contributed by atoms with E-state index < -0.39 is 17.7 Å². The van der Waals surface area contributed by atoms with Gasteiger partial charge in [-0.3, -0.25) is 9.69 Å². The molecule has 25 heavy (non-hydrogen) atoms. The molecule has 2 aromatic rings. The highest BCUT2D eigenvalue weighted by molar-refractivity contribution is 5.81. The summed E-state index contributed by atoms with van der Waals surface area (Å²) in [6.07, 6.45) is 0. The number of methoxy groups -OCH3 is 1. The number of para-hydroxylation sites is 1. The van der Waals surface area contributed by atoms with Crippen molar-refractivity contribution >= 4 is 5.91 Å². The van der Waals surface area contributed by atoms with Crippen LogP contribution in [0.25, 0.3) is 0 Å². The first kappa shape index (κ1) is 18.9. The Balaban J connectivity index is 1.94. The van der Waals surface area contributed by atoms with Gasteiger partial charge >= 0.3 is 0 Å². The Morgan fingerprint density at radius 2 is 1.92 bits per heavy atom. The van der Waals surface area contributed by atoms with Crippen LogP contribution in [-0.2, 0) is 17.9 Å². The number of halogens is 2. The topological polar surface area (TPSA) is 41.6 Å². The molecule has 0 saturated heterocycles. The van der Waals surface area contributed by atoms with Crippen molar-refractivity contribution in [2.24, 2.45) is 0 Å². The zero-order chi connectivity index (χ0) is 18.4. The molecule has 0 aliphatic heterocycles. The van der Waals surface area contributed by atoms with Gasteiger partial charge in [-0.25, -0.2) is 8.78 Å². The van der Waals surface area contributed by atoms with E-state index in [1.165, 1.54) is 12.1 Å². The quantitative estimate of drug-likeness (QED) is 0.836. The second-order valence-corrected chi connectivity index (χ2v) is 5.86. The monoisotopic (exact) mass is 348 g/mol. The van der Waals surface area contributed by atoms with Gasteiger partial charge in [0.1, 0.15) is 17.4 Å². The van der Waals surface area contributed by atoms with E-state index in [1.807, 2.05) is 24.3 Å². The highest BCUT2D eigenvalue weighted by Gasteiger charge is 2.19. The van der Waals surface area contributed by atoms with Crippen LogP contribution in [0, 0.1) is 11.6 Å². The maximum absolute atomic E-state index is 13.7. The van der Waals surface area contributed by atoms with Crippen LogP contribution in [0.3, 0.4) is 0 Å². The van der Waals surface area contributed by atoms with Crippen LogP contribution in [0.5, 0.6) is 5.75 Å². The van der Waals surface area contributed by atoms with Gasteiger partial charge in [-0.15, -0.1) is 0 Å². The fourth-order valence-electron chi connectivity index (χ4n) is 2.43. The van der Waals surface area contributed by atoms with Crippen LogP contribution in [0.4, 0.5) is 8.78 Å². The fraction of sp³-hybridized carbons (Fsp3) is 0.316. The fourth-order valence-corrected chi connectivity index (χ4v) is 2.43. The van der Waals surface area contributed by atoms with E-state index in [-0.39, 0.29) is 12.5 Å². The number of rotatable bonds is 7. The van der Waals surface area contributed by atoms with Crippen LogP contribution < -0.4 is 10.1 Å². The van der Waals surface area contributed by atoms with Crippen molar-refractivity contribution in [3.05, 3.63) is 65.2 Å². The van der Waals surface area contributed by atoms with Gasteiger partial charge in [-0.05, 0) is 26.1 Å². The maximum Gasteiger partial charge on any atom is 0.237 e. The molecule has 0 fully saturated rings. The molecule has 0 bridgehead atoms. The second kappa shape index (κ2) is 8.58. The summed E-state index contributed by atoms with van der Waals surface area (Å²) in [5, 5.41) is 2.85. The number of amides is 1. The number of hydrogen-bond donors (Lipinski definition) is 1. The lowest BCUT2D eigenvalue weighted by atomic mass is 10.1. The van der Waals surface area contributed by atoms with E-state index >= 15 is 0 Å². The molecule has 6 heteroatoms. The molecule has 0 spiro atoms. The number of benzene rings is 2. The minimum atomic E-state index is -0.619. The zero-order valence-corrected chi connectivity index (χ0v) is 14.6. The van der Waals surface area contributed by atoms with Gasteiger partial charge in [0.2, 0.25) is 5.91 Å². The lowest BCUT2D eigenvalue weighted by Crippen LogP contribution is -2.42. The van der Waals surface area contributed by atoms with Crippen molar-refractivity contribution in [2.75, 3.05) is 14.2 Å². The number of nitrogens with zero attached hydrogens (tertiary/aromatic N) is 1. The van der Waals surface area contributed by atoms with E-state index in [0.717, 1.165) is 11.6 Å². The first-order valence-corrected chi connectivity index (χ1v) is 7.96. The number of carbonyl (C=O) groups excluding carboxylic acids is 1. The average molecular weight is 348 g/mol. The Bertz CT molecular complexity index is 737. The molecule has 0 radical (unpaired) electrons. The van der Waals surface area contributed by atoms with Gasteiger partial charge in [0.05, 0.1) is 13.2 Å². The van der Waals surface area contributed by atoms with Gasteiger partial charge in [-0.1, -0.05) is 24.3 Å². The Morgan fingerprint density at radius 3 is 2.60 bits per heavy atom. The molecular formula is C19H22F2N2O2. The summed E-state index contributed by atoms with van der Waals surface area (Å²) < 4.78 is 32.0. The number of likely N-dealkylation sites (N-methyl/N-ethyl adjacent to an activating group) is 1. The van der Waals surface area contributed by atoms with Gasteiger partial charge in [0.15, 0.2) is 0 Å². The number of nitrogens with one attached hydrogen (secondary N) is 1. The molecule has 0 saturated carbocycles. The van der Waals surface area contributed by atoms with Crippen molar-refractivity contribution in [1.82, 2.24) is 10.2 Å². The molecule has 0 aliphatic rings. The zero-order valence-electron chi connectivity index (χ0n) is 14.6. The summed E-state index contributed by atoms with van der Waals surface area (Å²) in [7, 11) is 3.30. The first-order valence-electron chi connectivity index (χ1n) is 7.96. The minimum Gasteiger partial charge on any atom is -0.496 e. The van der Waals surface area contributed by atoms with E-state index in [1.54, 1.807) is 26.0 Å². The molecule has 1 N–H and O–H groups in total. The van der Waals surface area contributed by atoms with E-state index in [4.69, 9.17) is 4.74 Å². The molecule has 4 nitrogen and oxygen atoms in total. The van der Waals surface area contributed by atoms with E-state index in [9.17, 15) is 13.6 Å². The lowest BCUT2D eigenvalue weighted by molar-refractivity contribution is -0.125. The third-order valence-electron chi connectivity index (χ3n) is 4.12. The van der Waals surface area contributed by atoms with Crippen molar-refractivity contribution < 1.29 is 18.3 Å². The molecule has 134 valence electrons.